The SMILES string of the molecule is C[C@@H]1C[C@H]1NC1CCN(C(=O)OC(C)(C)C)CC1. The van der Waals surface area contributed by atoms with Crippen molar-refractivity contribution < 1.29 is 9.53 Å². The van der Waals surface area contributed by atoms with Crippen LogP contribution in [0.4, 0.5) is 4.79 Å². The van der Waals surface area contributed by atoms with E-state index < -0.39 is 5.60 Å². The zero-order valence-corrected chi connectivity index (χ0v) is 12.0. The van der Waals surface area contributed by atoms with Gasteiger partial charge in [-0.2, -0.15) is 0 Å². The number of carbonyl (C=O) groups excluding carboxylic acids is 1. The van der Waals surface area contributed by atoms with Gasteiger partial charge in [0.15, 0.2) is 0 Å². The Morgan fingerprint density at radius 3 is 2.28 bits per heavy atom. The van der Waals surface area contributed by atoms with Crippen molar-refractivity contribution in [3.05, 3.63) is 0 Å². The van der Waals surface area contributed by atoms with Gasteiger partial charge in [0.25, 0.3) is 0 Å². The van der Waals surface area contributed by atoms with Gasteiger partial charge in [-0.15, -0.1) is 0 Å². The van der Waals surface area contributed by atoms with Crippen LogP contribution in [-0.4, -0.2) is 41.8 Å². The molecule has 1 N–H and O–H groups in total. The van der Waals surface area contributed by atoms with Crippen LogP contribution < -0.4 is 5.32 Å². The highest BCUT2D eigenvalue weighted by Crippen LogP contribution is 2.30. The van der Waals surface area contributed by atoms with Crippen molar-refractivity contribution in [3.8, 4) is 0 Å². The summed E-state index contributed by atoms with van der Waals surface area (Å²) < 4.78 is 5.39. The normalized spacial score (nSPS) is 29.2. The highest BCUT2D eigenvalue weighted by Gasteiger charge is 2.35. The van der Waals surface area contributed by atoms with Gasteiger partial charge in [-0.25, -0.2) is 4.79 Å². The molecule has 104 valence electrons. The Morgan fingerprint density at radius 1 is 1.28 bits per heavy atom. The fourth-order valence-electron chi connectivity index (χ4n) is 2.41. The van der Waals surface area contributed by atoms with E-state index in [2.05, 4.69) is 12.2 Å². The van der Waals surface area contributed by atoms with Crippen molar-refractivity contribution in [2.75, 3.05) is 13.1 Å². The molecule has 1 saturated carbocycles. The molecule has 1 aliphatic carbocycles. The minimum atomic E-state index is -0.393. The highest BCUT2D eigenvalue weighted by molar-refractivity contribution is 5.68. The van der Waals surface area contributed by atoms with Gasteiger partial charge in [0.1, 0.15) is 5.60 Å². The van der Waals surface area contributed by atoms with E-state index in [-0.39, 0.29) is 6.09 Å². The second-order valence-corrected chi connectivity index (χ2v) is 6.73. The van der Waals surface area contributed by atoms with Crippen molar-refractivity contribution in [2.24, 2.45) is 5.92 Å². The minimum Gasteiger partial charge on any atom is -0.444 e. The lowest BCUT2D eigenvalue weighted by Crippen LogP contribution is -2.47. The molecular formula is C14H26N2O2. The first-order valence-electron chi connectivity index (χ1n) is 7.09. The summed E-state index contributed by atoms with van der Waals surface area (Å²) in [6, 6.07) is 1.31. The monoisotopic (exact) mass is 254 g/mol. The van der Waals surface area contributed by atoms with E-state index in [9.17, 15) is 4.79 Å². The number of nitrogens with one attached hydrogen (secondary N) is 1. The van der Waals surface area contributed by atoms with Gasteiger partial charge in [0.2, 0.25) is 0 Å². The fourth-order valence-corrected chi connectivity index (χ4v) is 2.41. The molecule has 4 nitrogen and oxygen atoms in total. The Morgan fingerprint density at radius 2 is 1.83 bits per heavy atom. The van der Waals surface area contributed by atoms with E-state index in [1.54, 1.807) is 0 Å². The van der Waals surface area contributed by atoms with Crippen LogP contribution in [-0.2, 0) is 4.74 Å². The number of amides is 1. The van der Waals surface area contributed by atoms with Gasteiger partial charge in [-0.05, 0) is 46.0 Å². The third-order valence-corrected chi connectivity index (χ3v) is 3.71. The molecule has 2 aliphatic rings. The summed E-state index contributed by atoms with van der Waals surface area (Å²) in [6.45, 7) is 9.64. The third kappa shape index (κ3) is 3.87. The number of piperidine rings is 1. The van der Waals surface area contributed by atoms with Gasteiger partial charge in [-0.1, -0.05) is 6.92 Å². The van der Waals surface area contributed by atoms with Crippen molar-refractivity contribution in [1.29, 1.82) is 0 Å². The van der Waals surface area contributed by atoms with Crippen LogP contribution in [0.25, 0.3) is 0 Å². The van der Waals surface area contributed by atoms with Crippen LogP contribution in [0.3, 0.4) is 0 Å². The molecule has 1 aliphatic heterocycles. The van der Waals surface area contributed by atoms with Gasteiger partial charge >= 0.3 is 6.09 Å². The topological polar surface area (TPSA) is 41.6 Å². The molecule has 2 rings (SSSR count). The zero-order valence-electron chi connectivity index (χ0n) is 12.0. The first-order valence-corrected chi connectivity index (χ1v) is 7.09. The van der Waals surface area contributed by atoms with E-state index in [0.29, 0.717) is 6.04 Å². The Kier molecular flexibility index (Phi) is 3.85. The second kappa shape index (κ2) is 5.08. The van der Waals surface area contributed by atoms with Gasteiger partial charge in [0, 0.05) is 25.2 Å². The lowest BCUT2D eigenvalue weighted by Gasteiger charge is -2.33. The van der Waals surface area contributed by atoms with Gasteiger partial charge < -0.3 is 15.0 Å². The molecule has 0 aromatic rings. The molecule has 2 fully saturated rings. The van der Waals surface area contributed by atoms with Crippen LogP contribution >= 0.6 is 0 Å². The van der Waals surface area contributed by atoms with Gasteiger partial charge in [-0.3, -0.25) is 0 Å². The van der Waals surface area contributed by atoms with E-state index in [0.717, 1.165) is 37.9 Å². The Labute approximate surface area is 110 Å². The summed E-state index contributed by atoms with van der Waals surface area (Å²) in [4.78, 5) is 13.7. The van der Waals surface area contributed by atoms with Crippen LogP contribution in [0.2, 0.25) is 0 Å². The van der Waals surface area contributed by atoms with Crippen molar-refractivity contribution in [1.82, 2.24) is 10.2 Å². The first kappa shape index (κ1) is 13.7. The van der Waals surface area contributed by atoms with Crippen molar-refractivity contribution in [3.63, 3.8) is 0 Å². The smallest absolute Gasteiger partial charge is 0.410 e. The predicted octanol–water partition coefficient (Wildman–Crippen LogP) is 2.38. The van der Waals surface area contributed by atoms with Crippen LogP contribution in [0.5, 0.6) is 0 Å². The molecule has 0 spiro atoms. The second-order valence-electron chi connectivity index (χ2n) is 6.73. The van der Waals surface area contributed by atoms with E-state index >= 15 is 0 Å². The molecule has 0 aromatic carbocycles. The molecular weight excluding hydrogens is 228 g/mol. The summed E-state index contributed by atoms with van der Waals surface area (Å²) in [5.74, 6) is 0.842. The summed E-state index contributed by atoms with van der Waals surface area (Å²) in [6.07, 6.45) is 3.23. The van der Waals surface area contributed by atoms with E-state index in [1.165, 1.54) is 6.42 Å². The van der Waals surface area contributed by atoms with Crippen LogP contribution in [0.1, 0.15) is 47.0 Å². The van der Waals surface area contributed by atoms with E-state index in [4.69, 9.17) is 4.74 Å². The molecule has 2 atom stereocenters. The lowest BCUT2D eigenvalue weighted by molar-refractivity contribution is 0.0198. The Bertz CT molecular complexity index is 303. The Hall–Kier alpha value is -0.770. The minimum absolute atomic E-state index is 0.166. The summed E-state index contributed by atoms with van der Waals surface area (Å²) in [5, 5.41) is 3.67. The number of hydrogen-bond donors (Lipinski definition) is 1. The van der Waals surface area contributed by atoms with Crippen LogP contribution in [0, 0.1) is 5.92 Å². The standard InChI is InChI=1S/C14H26N2O2/c1-10-9-12(10)15-11-5-7-16(8-6-11)13(17)18-14(2,3)4/h10-12,15H,5-9H2,1-4H3/t10-,12-/m1/s1. The third-order valence-electron chi connectivity index (χ3n) is 3.71. The number of nitrogens with zero attached hydrogens (tertiary/aromatic N) is 1. The molecule has 0 bridgehead atoms. The molecule has 0 unspecified atom stereocenters. The first-order chi connectivity index (χ1) is 8.35. The van der Waals surface area contributed by atoms with Crippen molar-refractivity contribution in [2.45, 2.75) is 64.6 Å². The maximum atomic E-state index is 11.9. The summed E-state index contributed by atoms with van der Waals surface area (Å²) >= 11 is 0. The molecule has 1 saturated heterocycles. The lowest BCUT2D eigenvalue weighted by atomic mass is 10.1. The summed E-state index contributed by atoms with van der Waals surface area (Å²) in [7, 11) is 0. The average Bonchev–Trinajstić information content (AvgIpc) is 2.92. The molecule has 18 heavy (non-hydrogen) atoms. The fraction of sp³-hybridized carbons (Fsp3) is 0.929. The number of ether oxygens (including phenoxy) is 1. The zero-order chi connectivity index (χ0) is 13.3. The average molecular weight is 254 g/mol. The predicted molar refractivity (Wildman–Crippen MR) is 71.5 cm³/mol. The molecule has 0 aromatic heterocycles. The van der Waals surface area contributed by atoms with Crippen LogP contribution in [0.15, 0.2) is 0 Å². The summed E-state index contributed by atoms with van der Waals surface area (Å²) in [5.41, 5.74) is -0.393. The van der Waals surface area contributed by atoms with Gasteiger partial charge in [0.05, 0.1) is 0 Å². The number of rotatable bonds is 2. The quantitative estimate of drug-likeness (QED) is 0.822. The maximum Gasteiger partial charge on any atom is 0.410 e. The largest absolute Gasteiger partial charge is 0.444 e. The van der Waals surface area contributed by atoms with Crippen molar-refractivity contribution >= 4 is 6.09 Å². The molecule has 4 heteroatoms. The number of hydrogen-bond acceptors (Lipinski definition) is 3. The number of likely N-dealkylation sites (tertiary alicyclic amines) is 1. The Balaban J connectivity index is 1.71. The number of carbonyl (C=O) groups is 1. The van der Waals surface area contributed by atoms with E-state index in [1.807, 2.05) is 25.7 Å². The highest BCUT2D eigenvalue weighted by atomic mass is 16.6. The molecule has 0 radical (unpaired) electrons. The molecule has 1 amide bonds. The molecule has 1 heterocycles. The maximum absolute atomic E-state index is 11.9.